The van der Waals surface area contributed by atoms with E-state index in [1.807, 2.05) is 18.2 Å². The third kappa shape index (κ3) is 4.87. The molecule has 1 aromatic carbocycles. The molecule has 4 heteroatoms. The van der Waals surface area contributed by atoms with Gasteiger partial charge < -0.3 is 5.32 Å². The zero-order valence-electron chi connectivity index (χ0n) is 10.6. The second-order valence-electron chi connectivity index (χ2n) is 4.07. The Labute approximate surface area is 103 Å². The van der Waals surface area contributed by atoms with Gasteiger partial charge in [0.05, 0.1) is 0 Å². The summed E-state index contributed by atoms with van der Waals surface area (Å²) >= 11 is 0. The number of nitrogens with two attached hydrogens (primary N) is 1. The van der Waals surface area contributed by atoms with E-state index in [2.05, 4.69) is 41.7 Å². The molecule has 1 aromatic rings. The standard InChI is InChI=1S/C13H22N4/c1-3-9-15-13(17-14)16-10-11(2)12-7-5-4-6-8-12/h4-8,11H,3,9-10,14H2,1-2H3,(H2,15,16,17). The van der Waals surface area contributed by atoms with Crippen molar-refractivity contribution in [1.29, 1.82) is 0 Å². The fourth-order valence-corrected chi connectivity index (χ4v) is 1.51. The van der Waals surface area contributed by atoms with E-state index in [0.29, 0.717) is 11.9 Å². The first kappa shape index (κ1) is 13.5. The predicted molar refractivity (Wildman–Crippen MR) is 72.8 cm³/mol. The van der Waals surface area contributed by atoms with Crippen LogP contribution in [0, 0.1) is 0 Å². The molecular weight excluding hydrogens is 212 g/mol. The maximum absolute atomic E-state index is 5.40. The number of guanidine groups is 1. The molecule has 0 radical (unpaired) electrons. The van der Waals surface area contributed by atoms with E-state index in [4.69, 9.17) is 5.84 Å². The van der Waals surface area contributed by atoms with Crippen molar-refractivity contribution in [2.24, 2.45) is 10.8 Å². The monoisotopic (exact) mass is 234 g/mol. The molecule has 1 atom stereocenters. The first-order valence-electron chi connectivity index (χ1n) is 6.07. The third-order valence-corrected chi connectivity index (χ3v) is 2.57. The van der Waals surface area contributed by atoms with E-state index in [-0.39, 0.29) is 0 Å². The number of rotatable bonds is 5. The Kier molecular flexibility index (Phi) is 6.10. The number of aliphatic imine (C=N–C) groups is 1. The van der Waals surface area contributed by atoms with Crippen LogP contribution in [-0.4, -0.2) is 19.0 Å². The molecule has 0 saturated heterocycles. The molecule has 0 aliphatic heterocycles. The summed E-state index contributed by atoms with van der Waals surface area (Å²) in [4.78, 5) is 4.43. The topological polar surface area (TPSA) is 62.4 Å². The number of hydrogen-bond donors (Lipinski definition) is 3. The van der Waals surface area contributed by atoms with E-state index >= 15 is 0 Å². The molecule has 0 aromatic heterocycles. The van der Waals surface area contributed by atoms with E-state index in [0.717, 1.165) is 19.5 Å². The Morgan fingerprint density at radius 2 is 2.06 bits per heavy atom. The van der Waals surface area contributed by atoms with Crippen molar-refractivity contribution in [2.75, 3.05) is 13.1 Å². The fraction of sp³-hybridized carbons (Fsp3) is 0.462. The summed E-state index contributed by atoms with van der Waals surface area (Å²) < 4.78 is 0. The van der Waals surface area contributed by atoms with Crippen LogP contribution in [0.1, 0.15) is 31.7 Å². The number of hydrazine groups is 1. The molecular formula is C13H22N4. The molecule has 0 saturated carbocycles. The van der Waals surface area contributed by atoms with E-state index < -0.39 is 0 Å². The fourth-order valence-electron chi connectivity index (χ4n) is 1.51. The molecule has 17 heavy (non-hydrogen) atoms. The zero-order chi connectivity index (χ0) is 12.5. The molecule has 0 heterocycles. The highest BCUT2D eigenvalue weighted by molar-refractivity contribution is 5.79. The Hall–Kier alpha value is -1.55. The first-order chi connectivity index (χ1) is 8.27. The lowest BCUT2D eigenvalue weighted by Crippen LogP contribution is -2.42. The molecule has 0 amide bonds. The van der Waals surface area contributed by atoms with Crippen LogP contribution in [0.4, 0.5) is 0 Å². The summed E-state index contributed by atoms with van der Waals surface area (Å²) in [5, 5.41) is 3.14. The van der Waals surface area contributed by atoms with Crippen molar-refractivity contribution in [1.82, 2.24) is 10.7 Å². The van der Waals surface area contributed by atoms with Crippen molar-refractivity contribution < 1.29 is 0 Å². The second-order valence-corrected chi connectivity index (χ2v) is 4.07. The molecule has 0 spiro atoms. The van der Waals surface area contributed by atoms with Crippen LogP contribution in [-0.2, 0) is 0 Å². The maximum Gasteiger partial charge on any atom is 0.205 e. The van der Waals surface area contributed by atoms with Gasteiger partial charge in [-0.25, -0.2) is 5.84 Å². The van der Waals surface area contributed by atoms with Gasteiger partial charge in [-0.15, -0.1) is 0 Å². The van der Waals surface area contributed by atoms with Crippen molar-refractivity contribution in [3.8, 4) is 0 Å². The summed E-state index contributed by atoms with van der Waals surface area (Å²) in [5.74, 6) is 6.45. The average molecular weight is 234 g/mol. The lowest BCUT2D eigenvalue weighted by Gasteiger charge is -2.11. The first-order valence-corrected chi connectivity index (χ1v) is 6.07. The van der Waals surface area contributed by atoms with E-state index in [1.54, 1.807) is 0 Å². The summed E-state index contributed by atoms with van der Waals surface area (Å²) in [5.41, 5.74) is 3.88. The minimum Gasteiger partial charge on any atom is -0.355 e. The van der Waals surface area contributed by atoms with Gasteiger partial charge in [0.25, 0.3) is 0 Å². The minimum atomic E-state index is 0.392. The molecule has 0 bridgehead atoms. The SMILES string of the molecule is CCCNC(=NCC(C)c1ccccc1)NN. The number of nitrogens with one attached hydrogen (secondary N) is 2. The van der Waals surface area contributed by atoms with Gasteiger partial charge in [-0.05, 0) is 12.0 Å². The van der Waals surface area contributed by atoms with E-state index in [9.17, 15) is 0 Å². The Bertz CT molecular complexity index is 335. The minimum absolute atomic E-state index is 0.392. The van der Waals surface area contributed by atoms with Crippen LogP contribution >= 0.6 is 0 Å². The largest absolute Gasteiger partial charge is 0.355 e. The number of benzene rings is 1. The van der Waals surface area contributed by atoms with Gasteiger partial charge in [0.15, 0.2) is 0 Å². The van der Waals surface area contributed by atoms with Gasteiger partial charge in [-0.3, -0.25) is 10.4 Å². The Morgan fingerprint density at radius 1 is 1.35 bits per heavy atom. The number of hydrogen-bond acceptors (Lipinski definition) is 2. The summed E-state index contributed by atoms with van der Waals surface area (Å²) in [6.07, 6.45) is 1.05. The van der Waals surface area contributed by atoms with Gasteiger partial charge in [-0.1, -0.05) is 44.2 Å². The molecule has 0 aliphatic carbocycles. The van der Waals surface area contributed by atoms with Gasteiger partial charge in [0.1, 0.15) is 0 Å². The molecule has 4 nitrogen and oxygen atoms in total. The van der Waals surface area contributed by atoms with Gasteiger partial charge in [0, 0.05) is 19.0 Å². The number of nitrogens with zero attached hydrogens (tertiary/aromatic N) is 1. The quantitative estimate of drug-likeness (QED) is 0.314. The highest BCUT2D eigenvalue weighted by atomic mass is 15.3. The molecule has 0 aliphatic rings. The lowest BCUT2D eigenvalue weighted by atomic mass is 10.0. The highest BCUT2D eigenvalue weighted by Crippen LogP contribution is 2.14. The van der Waals surface area contributed by atoms with Crippen LogP contribution < -0.4 is 16.6 Å². The normalized spacial score (nSPS) is 13.2. The van der Waals surface area contributed by atoms with Gasteiger partial charge in [-0.2, -0.15) is 0 Å². The van der Waals surface area contributed by atoms with Crippen molar-refractivity contribution in [3.63, 3.8) is 0 Å². The molecule has 94 valence electrons. The lowest BCUT2D eigenvalue weighted by molar-refractivity contribution is 0.744. The molecule has 4 N–H and O–H groups in total. The summed E-state index contributed by atoms with van der Waals surface area (Å²) in [6.45, 7) is 5.86. The maximum atomic E-state index is 5.40. The molecule has 1 rings (SSSR count). The zero-order valence-corrected chi connectivity index (χ0v) is 10.6. The van der Waals surface area contributed by atoms with Crippen molar-refractivity contribution >= 4 is 5.96 Å². The third-order valence-electron chi connectivity index (χ3n) is 2.57. The summed E-state index contributed by atoms with van der Waals surface area (Å²) in [6, 6.07) is 10.4. The predicted octanol–water partition coefficient (Wildman–Crippen LogP) is 1.61. The Balaban J connectivity index is 2.50. The summed E-state index contributed by atoms with van der Waals surface area (Å²) in [7, 11) is 0. The highest BCUT2D eigenvalue weighted by Gasteiger charge is 2.04. The van der Waals surface area contributed by atoms with Gasteiger partial charge in [0.2, 0.25) is 5.96 Å². The smallest absolute Gasteiger partial charge is 0.205 e. The van der Waals surface area contributed by atoms with Crippen LogP contribution in [0.3, 0.4) is 0 Å². The van der Waals surface area contributed by atoms with Crippen LogP contribution in [0.5, 0.6) is 0 Å². The van der Waals surface area contributed by atoms with Crippen LogP contribution in [0.25, 0.3) is 0 Å². The van der Waals surface area contributed by atoms with Crippen LogP contribution in [0.2, 0.25) is 0 Å². The Morgan fingerprint density at radius 3 is 2.65 bits per heavy atom. The van der Waals surface area contributed by atoms with Crippen molar-refractivity contribution in [3.05, 3.63) is 35.9 Å². The van der Waals surface area contributed by atoms with Crippen LogP contribution in [0.15, 0.2) is 35.3 Å². The van der Waals surface area contributed by atoms with E-state index in [1.165, 1.54) is 5.56 Å². The molecule has 0 fully saturated rings. The second kappa shape index (κ2) is 7.68. The molecule has 1 unspecified atom stereocenters. The van der Waals surface area contributed by atoms with Crippen molar-refractivity contribution in [2.45, 2.75) is 26.2 Å². The average Bonchev–Trinajstić information content (AvgIpc) is 2.39. The van der Waals surface area contributed by atoms with Gasteiger partial charge >= 0.3 is 0 Å².